The van der Waals surface area contributed by atoms with Gasteiger partial charge in [0.15, 0.2) is 0 Å². The van der Waals surface area contributed by atoms with Crippen LogP contribution >= 0.6 is 0 Å². The summed E-state index contributed by atoms with van der Waals surface area (Å²) in [6, 6.07) is -0.980. The maximum Gasteiger partial charge on any atom is 0.303 e. The lowest BCUT2D eigenvalue weighted by Gasteiger charge is -2.39. The second-order valence-electron chi connectivity index (χ2n) is 4.59. The van der Waals surface area contributed by atoms with E-state index >= 15 is 0 Å². The van der Waals surface area contributed by atoms with Crippen LogP contribution in [0.4, 0.5) is 0 Å². The Kier molecular flexibility index (Phi) is 6.61. The maximum atomic E-state index is 11.2. The highest BCUT2D eigenvalue weighted by Gasteiger charge is 2.44. The van der Waals surface area contributed by atoms with Crippen LogP contribution in [0.2, 0.25) is 0 Å². The molecular formula is C12H17N3O7. The second kappa shape index (κ2) is 8.20. The number of azide groups is 1. The molecule has 1 aliphatic heterocycles. The zero-order valence-corrected chi connectivity index (χ0v) is 12.4. The van der Waals surface area contributed by atoms with Crippen LogP contribution in [-0.4, -0.2) is 55.5 Å². The quantitative estimate of drug-likeness (QED) is 0.236. The first-order valence-electron chi connectivity index (χ1n) is 6.48. The average Bonchev–Trinajstić information content (AvgIpc) is 2.40. The Labute approximate surface area is 126 Å². The van der Waals surface area contributed by atoms with E-state index in [1.807, 2.05) is 0 Å². The molecule has 0 radical (unpaired) electrons. The minimum absolute atomic E-state index is 0.0764. The Hall–Kier alpha value is -2.32. The molecule has 0 aliphatic carbocycles. The van der Waals surface area contributed by atoms with Gasteiger partial charge < -0.3 is 18.9 Å². The summed E-state index contributed by atoms with van der Waals surface area (Å²) in [5, 5.41) is 3.54. The van der Waals surface area contributed by atoms with Gasteiger partial charge in [0, 0.05) is 25.7 Å². The third-order valence-corrected chi connectivity index (χ3v) is 2.81. The summed E-state index contributed by atoms with van der Waals surface area (Å²) in [6.07, 6.45) is -2.76. The first kappa shape index (κ1) is 17.7. The fourth-order valence-electron chi connectivity index (χ4n) is 2.04. The molecule has 0 aromatic carbocycles. The van der Waals surface area contributed by atoms with Gasteiger partial charge in [0.25, 0.3) is 0 Å². The number of rotatable bonds is 5. The van der Waals surface area contributed by atoms with Crippen LogP contribution in [-0.2, 0) is 33.3 Å². The molecule has 0 saturated carbocycles. The summed E-state index contributed by atoms with van der Waals surface area (Å²) in [6.45, 7) is 3.32. The molecule has 0 bridgehead atoms. The van der Waals surface area contributed by atoms with Gasteiger partial charge >= 0.3 is 17.9 Å². The van der Waals surface area contributed by atoms with Crippen molar-refractivity contribution in [1.82, 2.24) is 0 Å². The van der Waals surface area contributed by atoms with Crippen LogP contribution in [0.3, 0.4) is 0 Å². The third kappa shape index (κ3) is 5.23. The van der Waals surface area contributed by atoms with Gasteiger partial charge in [0.05, 0.1) is 6.61 Å². The molecule has 1 rings (SSSR count). The van der Waals surface area contributed by atoms with Gasteiger partial charge in [-0.15, -0.1) is 0 Å². The highest BCUT2D eigenvalue weighted by Crippen LogP contribution is 2.24. The number of carbonyl (C=O) groups is 3. The SMILES string of the molecule is CC(=O)OCC1OCC(OC(C)=O)C(N=[N+]=[N-])[C@H]1OC(C)=O. The summed E-state index contributed by atoms with van der Waals surface area (Å²) >= 11 is 0. The average molecular weight is 315 g/mol. The van der Waals surface area contributed by atoms with Gasteiger partial charge in [-0.1, -0.05) is 5.11 Å². The van der Waals surface area contributed by atoms with Gasteiger partial charge in [-0.25, -0.2) is 0 Å². The molecule has 10 heteroatoms. The zero-order valence-electron chi connectivity index (χ0n) is 12.4. The van der Waals surface area contributed by atoms with E-state index in [0.29, 0.717) is 0 Å². The molecular weight excluding hydrogens is 298 g/mol. The number of nitrogens with zero attached hydrogens (tertiary/aromatic N) is 3. The predicted octanol–water partition coefficient (Wildman–Crippen LogP) is 0.491. The van der Waals surface area contributed by atoms with Gasteiger partial charge in [0.1, 0.15) is 31.0 Å². The van der Waals surface area contributed by atoms with Crippen molar-refractivity contribution in [3.63, 3.8) is 0 Å². The number of carbonyl (C=O) groups excluding carboxylic acids is 3. The number of ether oxygens (including phenoxy) is 4. The molecule has 0 amide bonds. The van der Waals surface area contributed by atoms with Gasteiger partial charge in [0.2, 0.25) is 0 Å². The van der Waals surface area contributed by atoms with Crippen molar-refractivity contribution in [3.05, 3.63) is 10.4 Å². The Bertz CT molecular complexity index is 489. The number of esters is 3. The summed E-state index contributed by atoms with van der Waals surface area (Å²) < 4.78 is 20.4. The lowest BCUT2D eigenvalue weighted by atomic mass is 9.98. The Morgan fingerprint density at radius 3 is 2.32 bits per heavy atom. The van der Waals surface area contributed by atoms with Gasteiger partial charge in [-0.3, -0.25) is 14.4 Å². The Balaban J connectivity index is 2.97. The molecule has 0 spiro atoms. The van der Waals surface area contributed by atoms with E-state index < -0.39 is 42.3 Å². The van der Waals surface area contributed by atoms with E-state index in [4.69, 9.17) is 24.5 Å². The van der Waals surface area contributed by atoms with Crippen molar-refractivity contribution in [1.29, 1.82) is 0 Å². The highest BCUT2D eigenvalue weighted by molar-refractivity contribution is 5.67. The smallest absolute Gasteiger partial charge is 0.303 e. The molecule has 10 nitrogen and oxygen atoms in total. The lowest BCUT2D eigenvalue weighted by molar-refractivity contribution is -0.194. The standard InChI is InChI=1S/C12H17N3O7/c1-6(16)19-5-10-12(22-8(3)18)11(14-15-13)9(4-20-10)21-7(2)17/h9-12H,4-5H2,1-3H3/t9?,10?,11?,12-/m0/s1. The largest absolute Gasteiger partial charge is 0.463 e. The summed E-state index contributed by atoms with van der Waals surface area (Å²) in [4.78, 5) is 35.9. The third-order valence-electron chi connectivity index (χ3n) is 2.81. The molecule has 3 unspecified atom stereocenters. The fourth-order valence-corrected chi connectivity index (χ4v) is 2.04. The van der Waals surface area contributed by atoms with E-state index in [1.165, 1.54) is 20.8 Å². The molecule has 1 aliphatic rings. The summed E-state index contributed by atoms with van der Waals surface area (Å²) in [5.41, 5.74) is 8.68. The molecule has 1 fully saturated rings. The van der Waals surface area contributed by atoms with Crippen LogP contribution < -0.4 is 0 Å². The van der Waals surface area contributed by atoms with E-state index in [-0.39, 0.29) is 13.2 Å². The molecule has 0 aromatic heterocycles. The lowest BCUT2D eigenvalue weighted by Crippen LogP contribution is -2.56. The zero-order chi connectivity index (χ0) is 16.7. The normalized spacial score (nSPS) is 27.2. The Morgan fingerprint density at radius 2 is 1.82 bits per heavy atom. The van der Waals surface area contributed by atoms with Crippen LogP contribution in [0, 0.1) is 0 Å². The van der Waals surface area contributed by atoms with Crippen molar-refractivity contribution in [2.24, 2.45) is 5.11 Å². The van der Waals surface area contributed by atoms with Crippen molar-refractivity contribution < 1.29 is 33.3 Å². The van der Waals surface area contributed by atoms with E-state index in [9.17, 15) is 14.4 Å². The van der Waals surface area contributed by atoms with Crippen molar-refractivity contribution in [3.8, 4) is 0 Å². The fraction of sp³-hybridized carbons (Fsp3) is 0.750. The van der Waals surface area contributed by atoms with Crippen LogP contribution in [0.1, 0.15) is 20.8 Å². The summed E-state index contributed by atoms with van der Waals surface area (Å²) in [7, 11) is 0. The number of hydrogen-bond donors (Lipinski definition) is 0. The topological polar surface area (TPSA) is 137 Å². The first-order chi connectivity index (χ1) is 10.3. The van der Waals surface area contributed by atoms with E-state index in [0.717, 1.165) is 0 Å². The minimum Gasteiger partial charge on any atom is -0.463 e. The highest BCUT2D eigenvalue weighted by atomic mass is 16.6. The summed E-state index contributed by atoms with van der Waals surface area (Å²) in [5.74, 6) is -1.76. The molecule has 4 atom stereocenters. The minimum atomic E-state index is -1.04. The van der Waals surface area contributed by atoms with E-state index in [2.05, 4.69) is 10.0 Å². The maximum absolute atomic E-state index is 11.2. The van der Waals surface area contributed by atoms with Crippen LogP contribution in [0.15, 0.2) is 5.11 Å². The molecule has 0 aromatic rings. The second-order valence-corrected chi connectivity index (χ2v) is 4.59. The molecule has 1 heterocycles. The molecule has 0 N–H and O–H groups in total. The molecule has 122 valence electrons. The van der Waals surface area contributed by atoms with Gasteiger partial charge in [-0.05, 0) is 5.53 Å². The molecule has 22 heavy (non-hydrogen) atoms. The van der Waals surface area contributed by atoms with Crippen LogP contribution in [0.25, 0.3) is 10.4 Å². The number of hydrogen-bond acceptors (Lipinski definition) is 8. The molecule has 1 saturated heterocycles. The van der Waals surface area contributed by atoms with Crippen molar-refractivity contribution in [2.45, 2.75) is 45.1 Å². The van der Waals surface area contributed by atoms with Crippen molar-refractivity contribution in [2.75, 3.05) is 13.2 Å². The predicted molar refractivity (Wildman–Crippen MR) is 70.4 cm³/mol. The van der Waals surface area contributed by atoms with Gasteiger partial charge in [-0.2, -0.15) is 0 Å². The monoisotopic (exact) mass is 315 g/mol. The first-order valence-corrected chi connectivity index (χ1v) is 6.48. The van der Waals surface area contributed by atoms with Crippen molar-refractivity contribution >= 4 is 17.9 Å². The van der Waals surface area contributed by atoms with Crippen LogP contribution in [0.5, 0.6) is 0 Å². The Morgan fingerprint density at radius 1 is 1.18 bits per heavy atom. The van der Waals surface area contributed by atoms with E-state index in [1.54, 1.807) is 0 Å².